The Bertz CT molecular complexity index is 1090. The SMILES string of the molecule is CS(=O)(=O)NC1CCN(C(=O)C2CCC2)C1Cc1ccc(F)c(-c2cccc(F)c2)c1. The Labute approximate surface area is 181 Å². The molecule has 8 heteroatoms. The number of amides is 1. The molecule has 1 N–H and O–H groups in total. The molecule has 2 aromatic rings. The van der Waals surface area contributed by atoms with Crippen molar-refractivity contribution in [3.63, 3.8) is 0 Å². The van der Waals surface area contributed by atoms with E-state index in [1.54, 1.807) is 23.1 Å². The maximum Gasteiger partial charge on any atom is 0.225 e. The van der Waals surface area contributed by atoms with Crippen LogP contribution >= 0.6 is 0 Å². The van der Waals surface area contributed by atoms with Gasteiger partial charge in [-0.15, -0.1) is 0 Å². The fourth-order valence-corrected chi connectivity index (χ4v) is 5.32. The van der Waals surface area contributed by atoms with Gasteiger partial charge in [0, 0.05) is 24.1 Å². The molecule has 2 fully saturated rings. The topological polar surface area (TPSA) is 66.5 Å². The maximum absolute atomic E-state index is 14.5. The quantitative estimate of drug-likeness (QED) is 0.736. The van der Waals surface area contributed by atoms with Gasteiger partial charge in [0.15, 0.2) is 0 Å². The summed E-state index contributed by atoms with van der Waals surface area (Å²) in [6.45, 7) is 0.491. The Morgan fingerprint density at radius 3 is 2.55 bits per heavy atom. The number of likely N-dealkylation sites (tertiary alicyclic amines) is 1. The smallest absolute Gasteiger partial charge is 0.225 e. The van der Waals surface area contributed by atoms with Crippen molar-refractivity contribution in [1.29, 1.82) is 0 Å². The van der Waals surface area contributed by atoms with Gasteiger partial charge < -0.3 is 4.90 Å². The molecule has 1 heterocycles. The fourth-order valence-electron chi connectivity index (χ4n) is 4.50. The summed E-state index contributed by atoms with van der Waals surface area (Å²) in [5.41, 5.74) is 1.47. The van der Waals surface area contributed by atoms with E-state index in [-0.39, 0.29) is 23.4 Å². The van der Waals surface area contributed by atoms with E-state index in [2.05, 4.69) is 4.72 Å². The summed E-state index contributed by atoms with van der Waals surface area (Å²) in [6, 6.07) is 9.62. The number of carbonyl (C=O) groups is 1. The zero-order chi connectivity index (χ0) is 22.2. The third-order valence-corrected chi connectivity index (χ3v) is 6.99. The molecule has 0 radical (unpaired) electrons. The Balaban J connectivity index is 1.63. The summed E-state index contributed by atoms with van der Waals surface area (Å²) in [6.07, 6.45) is 4.80. The van der Waals surface area contributed by atoms with Gasteiger partial charge >= 0.3 is 0 Å². The van der Waals surface area contributed by atoms with Gasteiger partial charge in [0.05, 0.1) is 12.3 Å². The Hall–Kier alpha value is -2.32. The Morgan fingerprint density at radius 1 is 1.13 bits per heavy atom. The van der Waals surface area contributed by atoms with Crippen LogP contribution in [0.3, 0.4) is 0 Å². The van der Waals surface area contributed by atoms with Gasteiger partial charge in [-0.3, -0.25) is 4.79 Å². The van der Waals surface area contributed by atoms with Crippen molar-refractivity contribution in [2.24, 2.45) is 5.92 Å². The number of nitrogens with one attached hydrogen (secondary N) is 1. The lowest BCUT2D eigenvalue weighted by atomic mass is 9.84. The highest BCUT2D eigenvalue weighted by Crippen LogP contribution is 2.33. The first-order valence-electron chi connectivity index (χ1n) is 10.5. The predicted octanol–water partition coefficient (Wildman–Crippen LogP) is 3.49. The number of hydrogen-bond acceptors (Lipinski definition) is 3. The second-order valence-corrected chi connectivity index (χ2v) is 10.3. The first kappa shape index (κ1) is 21.9. The molecule has 2 aliphatic rings. The molecule has 0 bridgehead atoms. The van der Waals surface area contributed by atoms with Gasteiger partial charge in [-0.1, -0.05) is 24.6 Å². The average molecular weight is 449 g/mol. The van der Waals surface area contributed by atoms with Crippen molar-refractivity contribution < 1.29 is 22.0 Å². The number of halogens is 2. The van der Waals surface area contributed by atoms with E-state index in [4.69, 9.17) is 0 Å². The van der Waals surface area contributed by atoms with Gasteiger partial charge in [-0.05, 0) is 61.1 Å². The normalized spacial score (nSPS) is 21.8. The maximum atomic E-state index is 14.5. The van der Waals surface area contributed by atoms with Crippen molar-refractivity contribution in [2.45, 2.75) is 44.2 Å². The highest BCUT2D eigenvalue weighted by Gasteiger charge is 2.41. The summed E-state index contributed by atoms with van der Waals surface area (Å²) >= 11 is 0. The molecule has 0 aromatic heterocycles. The van der Waals surface area contributed by atoms with Crippen LogP contribution in [0, 0.1) is 17.6 Å². The van der Waals surface area contributed by atoms with Gasteiger partial charge in [0.2, 0.25) is 15.9 Å². The molecule has 2 unspecified atom stereocenters. The number of sulfonamides is 1. The first-order valence-corrected chi connectivity index (χ1v) is 12.4. The minimum Gasteiger partial charge on any atom is -0.337 e. The summed E-state index contributed by atoms with van der Waals surface area (Å²) < 4.78 is 54.6. The first-order chi connectivity index (χ1) is 14.7. The standard InChI is InChI=1S/C23H26F2N2O3S/c1-31(29,30)26-21-10-11-27(23(28)16-4-2-5-16)22(21)13-15-8-9-20(25)19(12-15)17-6-3-7-18(24)14-17/h3,6-9,12,14,16,21-22,26H,2,4-5,10-11,13H2,1H3. The molecule has 31 heavy (non-hydrogen) atoms. The largest absolute Gasteiger partial charge is 0.337 e. The minimum absolute atomic E-state index is 0.00977. The zero-order valence-electron chi connectivity index (χ0n) is 17.4. The lowest BCUT2D eigenvalue weighted by Gasteiger charge is -2.34. The van der Waals surface area contributed by atoms with Crippen molar-refractivity contribution in [3.8, 4) is 11.1 Å². The monoisotopic (exact) mass is 448 g/mol. The van der Waals surface area contributed by atoms with Crippen LogP contribution in [0.1, 0.15) is 31.2 Å². The molecule has 1 saturated heterocycles. The van der Waals surface area contributed by atoms with Gasteiger partial charge in [-0.2, -0.15) is 0 Å². The molecule has 166 valence electrons. The van der Waals surface area contributed by atoms with Gasteiger partial charge in [-0.25, -0.2) is 21.9 Å². The van der Waals surface area contributed by atoms with Crippen molar-refractivity contribution in [3.05, 3.63) is 59.7 Å². The predicted molar refractivity (Wildman–Crippen MR) is 115 cm³/mol. The molecular formula is C23H26F2N2O3S. The van der Waals surface area contributed by atoms with E-state index in [0.717, 1.165) is 31.1 Å². The average Bonchev–Trinajstić information content (AvgIpc) is 3.02. The second-order valence-electron chi connectivity index (χ2n) is 8.54. The summed E-state index contributed by atoms with van der Waals surface area (Å²) in [5, 5.41) is 0. The molecular weight excluding hydrogens is 422 g/mol. The van der Waals surface area contributed by atoms with E-state index in [9.17, 15) is 22.0 Å². The molecule has 1 aliphatic carbocycles. The Kier molecular flexibility index (Phi) is 6.12. The number of carbonyl (C=O) groups excluding carboxylic acids is 1. The Morgan fingerprint density at radius 2 is 1.90 bits per heavy atom. The van der Waals surface area contributed by atoms with E-state index in [1.165, 1.54) is 24.3 Å². The van der Waals surface area contributed by atoms with Crippen LogP contribution in [-0.4, -0.2) is 44.1 Å². The fraction of sp³-hybridized carbons (Fsp3) is 0.435. The van der Waals surface area contributed by atoms with E-state index < -0.39 is 27.7 Å². The summed E-state index contributed by atoms with van der Waals surface area (Å²) in [4.78, 5) is 14.8. The van der Waals surface area contributed by atoms with Crippen LogP contribution in [0.5, 0.6) is 0 Å². The van der Waals surface area contributed by atoms with E-state index >= 15 is 0 Å². The molecule has 5 nitrogen and oxygen atoms in total. The highest BCUT2D eigenvalue weighted by atomic mass is 32.2. The van der Waals surface area contributed by atoms with Crippen molar-refractivity contribution in [2.75, 3.05) is 12.8 Å². The summed E-state index contributed by atoms with van der Waals surface area (Å²) in [5.74, 6) is -0.834. The third kappa shape index (κ3) is 4.96. The van der Waals surface area contributed by atoms with Gasteiger partial charge in [0.25, 0.3) is 0 Å². The molecule has 4 rings (SSSR count). The summed E-state index contributed by atoms with van der Waals surface area (Å²) in [7, 11) is -3.45. The number of nitrogens with zero attached hydrogens (tertiary/aromatic N) is 1. The van der Waals surface area contributed by atoms with Crippen molar-refractivity contribution in [1.82, 2.24) is 9.62 Å². The molecule has 1 amide bonds. The molecule has 2 atom stereocenters. The van der Waals surface area contributed by atoms with Crippen LogP contribution in [0.2, 0.25) is 0 Å². The van der Waals surface area contributed by atoms with Gasteiger partial charge in [0.1, 0.15) is 11.6 Å². The highest BCUT2D eigenvalue weighted by molar-refractivity contribution is 7.88. The van der Waals surface area contributed by atoms with E-state index in [0.29, 0.717) is 24.9 Å². The lowest BCUT2D eigenvalue weighted by molar-refractivity contribution is -0.139. The molecule has 1 aliphatic heterocycles. The minimum atomic E-state index is -3.45. The van der Waals surface area contributed by atoms with Crippen molar-refractivity contribution >= 4 is 15.9 Å². The number of rotatable bonds is 6. The van der Waals surface area contributed by atoms with E-state index in [1.807, 2.05) is 0 Å². The van der Waals surface area contributed by atoms with Crippen LogP contribution in [-0.2, 0) is 21.2 Å². The number of benzene rings is 2. The third-order valence-electron chi connectivity index (χ3n) is 6.26. The zero-order valence-corrected chi connectivity index (χ0v) is 18.2. The van der Waals surface area contributed by atoms with Crippen LogP contribution in [0.15, 0.2) is 42.5 Å². The molecule has 2 aromatic carbocycles. The lowest BCUT2D eigenvalue weighted by Crippen LogP contribution is -2.49. The van der Waals surface area contributed by atoms with Crippen LogP contribution in [0.4, 0.5) is 8.78 Å². The van der Waals surface area contributed by atoms with Crippen LogP contribution in [0.25, 0.3) is 11.1 Å². The second kappa shape index (κ2) is 8.67. The van der Waals surface area contributed by atoms with Crippen LogP contribution < -0.4 is 4.72 Å². The number of hydrogen-bond donors (Lipinski definition) is 1. The molecule has 1 saturated carbocycles. The molecule has 0 spiro atoms.